The van der Waals surface area contributed by atoms with Crippen LogP contribution in [-0.2, 0) is 33.2 Å². The molecule has 264 valence electrons. The third-order valence-electron chi connectivity index (χ3n) is 8.19. The highest BCUT2D eigenvalue weighted by Gasteiger charge is 2.54. The molecule has 0 spiro atoms. The number of hydrogen-bond acceptors (Lipinski definition) is 21. The van der Waals surface area contributed by atoms with E-state index < -0.39 is 149 Å². The van der Waals surface area contributed by atoms with E-state index in [4.69, 9.17) is 33.2 Å². The molecule has 0 aromatic heterocycles. The van der Waals surface area contributed by atoms with Gasteiger partial charge in [-0.3, -0.25) is 0 Å². The minimum absolute atomic E-state index is 0.761. The van der Waals surface area contributed by atoms with E-state index >= 15 is 0 Å². The lowest BCUT2D eigenvalue weighted by atomic mass is 9.95. The molecule has 0 aromatic carbocycles. The molecule has 20 unspecified atom stereocenters. The second-order valence-corrected chi connectivity index (χ2v) is 11.2. The average molecular weight is 667 g/mol. The van der Waals surface area contributed by atoms with Crippen molar-refractivity contribution in [3.8, 4) is 0 Å². The van der Waals surface area contributed by atoms with Crippen LogP contribution >= 0.6 is 0 Å². The Labute approximate surface area is 254 Å². The van der Waals surface area contributed by atoms with Gasteiger partial charge in [0, 0.05) is 0 Å². The van der Waals surface area contributed by atoms with E-state index in [1.807, 2.05) is 0 Å². The number of hydrogen-bond donors (Lipinski definition) is 14. The highest BCUT2D eigenvalue weighted by Crippen LogP contribution is 2.34. The van der Waals surface area contributed by atoms with Crippen LogP contribution in [0.2, 0.25) is 0 Å². The first-order chi connectivity index (χ1) is 21.2. The minimum atomic E-state index is -2.10. The summed E-state index contributed by atoms with van der Waals surface area (Å²) < 4.78 is 38.3. The topological polar surface area (TPSA) is 348 Å². The maximum absolute atomic E-state index is 10.9. The molecular formula is C24H42O21. The van der Waals surface area contributed by atoms with Gasteiger partial charge in [0.25, 0.3) is 0 Å². The van der Waals surface area contributed by atoms with Crippen molar-refractivity contribution in [3.63, 3.8) is 0 Å². The fraction of sp³-hybridized carbons (Fsp3) is 1.00. The molecule has 0 aliphatic carbocycles. The van der Waals surface area contributed by atoms with Crippen LogP contribution < -0.4 is 0 Å². The van der Waals surface area contributed by atoms with E-state index in [1.165, 1.54) is 0 Å². The van der Waals surface area contributed by atoms with Crippen molar-refractivity contribution >= 4 is 0 Å². The Bertz CT molecular complexity index is 912. The highest BCUT2D eigenvalue weighted by atomic mass is 16.8. The summed E-state index contributed by atoms with van der Waals surface area (Å²) in [7, 11) is 0. The van der Waals surface area contributed by atoms with Crippen LogP contribution in [0.5, 0.6) is 0 Å². The first-order valence-corrected chi connectivity index (χ1v) is 14.1. The molecule has 20 atom stereocenters. The van der Waals surface area contributed by atoms with E-state index in [1.54, 1.807) is 0 Å². The monoisotopic (exact) mass is 666 g/mol. The molecule has 0 saturated carbocycles. The summed E-state index contributed by atoms with van der Waals surface area (Å²) in [6.07, 6.45) is -36.0. The van der Waals surface area contributed by atoms with Crippen molar-refractivity contribution in [2.75, 3.05) is 26.4 Å². The first kappa shape index (κ1) is 37.0. The van der Waals surface area contributed by atoms with Gasteiger partial charge in [-0.25, -0.2) is 0 Å². The summed E-state index contributed by atoms with van der Waals surface area (Å²) in [6.45, 7) is -3.23. The number of rotatable bonds is 10. The Hall–Kier alpha value is -0.840. The molecular weight excluding hydrogens is 624 g/mol. The van der Waals surface area contributed by atoms with Crippen molar-refractivity contribution in [2.45, 2.75) is 123 Å². The van der Waals surface area contributed by atoms with Crippen molar-refractivity contribution < 1.29 is 105 Å². The molecule has 4 fully saturated rings. The molecule has 4 aliphatic heterocycles. The van der Waals surface area contributed by atoms with Crippen molar-refractivity contribution in [1.82, 2.24) is 0 Å². The van der Waals surface area contributed by atoms with Gasteiger partial charge in [-0.1, -0.05) is 0 Å². The lowest BCUT2D eigenvalue weighted by Crippen LogP contribution is -2.67. The molecule has 0 radical (unpaired) electrons. The lowest BCUT2D eigenvalue weighted by molar-refractivity contribution is -0.388. The molecule has 14 N–H and O–H groups in total. The van der Waals surface area contributed by atoms with Crippen LogP contribution in [0.4, 0.5) is 0 Å². The van der Waals surface area contributed by atoms with Crippen molar-refractivity contribution in [3.05, 3.63) is 0 Å². The van der Waals surface area contributed by atoms with Gasteiger partial charge >= 0.3 is 0 Å². The van der Waals surface area contributed by atoms with Gasteiger partial charge in [-0.05, 0) is 0 Å². The van der Waals surface area contributed by atoms with Gasteiger partial charge in [0.05, 0.1) is 26.4 Å². The summed E-state index contributed by atoms with van der Waals surface area (Å²) in [4.78, 5) is 0. The molecule has 4 saturated heterocycles. The lowest BCUT2D eigenvalue weighted by Gasteiger charge is -2.48. The molecule has 4 rings (SSSR count). The smallest absolute Gasteiger partial charge is 0.187 e. The summed E-state index contributed by atoms with van der Waals surface area (Å²) in [5, 5.41) is 142. The van der Waals surface area contributed by atoms with Crippen LogP contribution in [0.1, 0.15) is 0 Å². The quantitative estimate of drug-likeness (QED) is 0.103. The molecule has 0 bridgehead atoms. The number of aliphatic hydroxyl groups is 14. The van der Waals surface area contributed by atoms with Crippen molar-refractivity contribution in [1.29, 1.82) is 0 Å². The Morgan fingerprint density at radius 1 is 0.378 bits per heavy atom. The van der Waals surface area contributed by atoms with Gasteiger partial charge in [-0.2, -0.15) is 0 Å². The molecule has 45 heavy (non-hydrogen) atoms. The van der Waals surface area contributed by atoms with Crippen LogP contribution in [0, 0.1) is 0 Å². The van der Waals surface area contributed by atoms with E-state index in [9.17, 15) is 71.5 Å². The first-order valence-electron chi connectivity index (χ1n) is 14.1. The summed E-state index contributed by atoms with van der Waals surface area (Å²) >= 11 is 0. The summed E-state index contributed by atoms with van der Waals surface area (Å²) in [6, 6.07) is 0. The van der Waals surface area contributed by atoms with E-state index in [0.29, 0.717) is 0 Å². The zero-order valence-corrected chi connectivity index (χ0v) is 23.5. The third kappa shape index (κ3) is 7.59. The predicted octanol–water partition coefficient (Wildman–Crippen LogP) is -9.75. The second-order valence-electron chi connectivity index (χ2n) is 11.2. The summed E-state index contributed by atoms with van der Waals surface area (Å²) in [5.74, 6) is 0. The van der Waals surface area contributed by atoms with E-state index in [-0.39, 0.29) is 0 Å². The van der Waals surface area contributed by atoms with Crippen LogP contribution in [0.25, 0.3) is 0 Å². The Balaban J connectivity index is 1.61. The molecule has 4 heterocycles. The van der Waals surface area contributed by atoms with E-state index in [0.717, 1.165) is 0 Å². The zero-order valence-electron chi connectivity index (χ0n) is 23.5. The molecule has 21 nitrogen and oxygen atoms in total. The molecule has 4 aliphatic rings. The predicted molar refractivity (Wildman–Crippen MR) is 134 cm³/mol. The normalized spacial score (nSPS) is 52.9. The Morgan fingerprint density at radius 3 is 1.18 bits per heavy atom. The second kappa shape index (κ2) is 15.6. The van der Waals surface area contributed by atoms with Gasteiger partial charge in [-0.15, -0.1) is 0 Å². The maximum Gasteiger partial charge on any atom is 0.187 e. The van der Waals surface area contributed by atoms with Gasteiger partial charge in [0.15, 0.2) is 25.2 Å². The molecule has 21 heteroatoms. The number of ether oxygens (including phenoxy) is 7. The van der Waals surface area contributed by atoms with Gasteiger partial charge < -0.3 is 105 Å². The third-order valence-corrected chi connectivity index (χ3v) is 8.19. The fourth-order valence-corrected chi connectivity index (χ4v) is 5.43. The van der Waals surface area contributed by atoms with Crippen LogP contribution in [0.3, 0.4) is 0 Å². The average Bonchev–Trinajstić information content (AvgIpc) is 3.03. The Morgan fingerprint density at radius 2 is 0.756 bits per heavy atom. The zero-order chi connectivity index (χ0) is 33.3. The molecule has 0 aromatic rings. The van der Waals surface area contributed by atoms with Gasteiger partial charge in [0.1, 0.15) is 97.7 Å². The maximum atomic E-state index is 10.9. The highest BCUT2D eigenvalue weighted by molar-refractivity contribution is 4.97. The Kier molecular flexibility index (Phi) is 12.8. The largest absolute Gasteiger partial charge is 0.394 e. The molecule has 0 amide bonds. The number of aliphatic hydroxyl groups excluding tert-OH is 14. The standard InChI is InChI=1S/C24H42O21/c25-1-5-9(28)12(31)15(34)22(41-5)39-4-8-19(44-23-16(35)13(32)10(29)6(2-26)42-23)20(18(37)21(38)40-8)45-24-17(36)14(33)11(30)7(3-27)43-24/h5-38H,1-4H2. The van der Waals surface area contributed by atoms with Crippen LogP contribution in [0.15, 0.2) is 0 Å². The van der Waals surface area contributed by atoms with Crippen LogP contribution in [-0.4, -0.2) is 221 Å². The fourth-order valence-electron chi connectivity index (χ4n) is 5.43. The van der Waals surface area contributed by atoms with E-state index in [2.05, 4.69) is 0 Å². The minimum Gasteiger partial charge on any atom is -0.394 e. The SMILES string of the molecule is OCC1OC(OCC2OC(O)C(O)C(OC3OC(CO)C(O)C(O)C3O)C2OC2OC(CO)C(O)C(O)C2O)C(O)C(O)C1O. The van der Waals surface area contributed by atoms with Crippen molar-refractivity contribution in [2.24, 2.45) is 0 Å². The summed E-state index contributed by atoms with van der Waals surface area (Å²) in [5.41, 5.74) is 0. The van der Waals surface area contributed by atoms with Gasteiger partial charge in [0.2, 0.25) is 0 Å².